The van der Waals surface area contributed by atoms with Gasteiger partial charge in [-0.3, -0.25) is 0 Å². The van der Waals surface area contributed by atoms with Gasteiger partial charge in [0, 0.05) is 33.3 Å². The summed E-state index contributed by atoms with van der Waals surface area (Å²) in [5.41, 5.74) is 0. The molecule has 0 amide bonds. The van der Waals surface area contributed by atoms with Crippen molar-refractivity contribution in [3.63, 3.8) is 0 Å². The summed E-state index contributed by atoms with van der Waals surface area (Å²) >= 11 is 0. The molecule has 0 aliphatic carbocycles. The smallest absolute Gasteiger partial charge is 0.282 e. The predicted octanol–water partition coefficient (Wildman–Crippen LogP) is 0.297. The van der Waals surface area contributed by atoms with Crippen molar-refractivity contribution in [1.82, 2.24) is 13.9 Å². The summed E-state index contributed by atoms with van der Waals surface area (Å²) in [6.45, 7) is 6.84. The Morgan fingerprint density at radius 2 is 2.10 bits per heavy atom. The van der Waals surface area contributed by atoms with Crippen LogP contribution in [0.1, 0.15) is 12.8 Å². The van der Waals surface area contributed by atoms with E-state index >= 15 is 0 Å². The van der Waals surface area contributed by atoms with Gasteiger partial charge in [0.15, 0.2) is 0 Å². The molecule has 1 aliphatic heterocycles. The van der Waals surface area contributed by atoms with E-state index in [-0.39, 0.29) is 0 Å². The van der Waals surface area contributed by atoms with Crippen LogP contribution in [0.5, 0.6) is 0 Å². The molecule has 1 heterocycles. The van der Waals surface area contributed by atoms with E-state index < -0.39 is 10.2 Å². The van der Waals surface area contributed by atoms with Crippen molar-refractivity contribution in [3.05, 3.63) is 12.7 Å². The number of rotatable bonds is 9. The summed E-state index contributed by atoms with van der Waals surface area (Å²) in [7, 11) is 0.0997. The molecule has 20 heavy (non-hydrogen) atoms. The van der Waals surface area contributed by atoms with E-state index in [1.54, 1.807) is 17.5 Å². The quantitative estimate of drug-likeness (QED) is 0.622. The maximum Gasteiger partial charge on any atom is 0.282 e. The molecule has 118 valence electrons. The third kappa shape index (κ3) is 4.82. The number of piperidine rings is 1. The lowest BCUT2D eigenvalue weighted by atomic mass is 9.98. The van der Waals surface area contributed by atoms with Crippen LogP contribution in [0.15, 0.2) is 12.7 Å². The number of methoxy groups -OCH3 is 1. The predicted molar refractivity (Wildman–Crippen MR) is 80.8 cm³/mol. The molecular weight excluding hydrogens is 278 g/mol. The molecule has 0 spiro atoms. The molecule has 0 aromatic heterocycles. The molecule has 0 atom stereocenters. The van der Waals surface area contributed by atoms with E-state index in [0.29, 0.717) is 38.7 Å². The number of nitrogens with one attached hydrogen (secondary N) is 1. The molecule has 1 rings (SSSR count). The van der Waals surface area contributed by atoms with Gasteiger partial charge in [-0.2, -0.15) is 17.0 Å². The van der Waals surface area contributed by atoms with E-state index in [9.17, 15) is 8.42 Å². The first-order chi connectivity index (χ1) is 9.56. The number of hydrogen-bond acceptors (Lipinski definition) is 4. The Kier molecular flexibility index (Phi) is 7.68. The molecule has 0 bridgehead atoms. The summed E-state index contributed by atoms with van der Waals surface area (Å²) in [6.07, 6.45) is 3.43. The van der Waals surface area contributed by atoms with Gasteiger partial charge in [-0.15, -0.1) is 6.58 Å². The van der Waals surface area contributed by atoms with E-state index in [1.807, 2.05) is 7.05 Å². The fourth-order valence-electron chi connectivity index (χ4n) is 2.43. The number of ether oxygens (including phenoxy) is 1. The molecular formula is C13H27N3O3S. The molecule has 7 heteroatoms. The highest BCUT2D eigenvalue weighted by Gasteiger charge is 2.31. The molecule has 1 aliphatic rings. The second-order valence-electron chi connectivity index (χ2n) is 5.05. The summed E-state index contributed by atoms with van der Waals surface area (Å²) in [5, 5.41) is 3.15. The van der Waals surface area contributed by atoms with Gasteiger partial charge in [0.1, 0.15) is 0 Å². The van der Waals surface area contributed by atoms with Crippen molar-refractivity contribution in [2.75, 3.05) is 53.5 Å². The van der Waals surface area contributed by atoms with Crippen LogP contribution in [0.25, 0.3) is 0 Å². The maximum atomic E-state index is 12.6. The van der Waals surface area contributed by atoms with Crippen molar-refractivity contribution < 1.29 is 13.2 Å². The van der Waals surface area contributed by atoms with Gasteiger partial charge in [0.05, 0.1) is 6.61 Å². The fraction of sp³-hybridized carbons (Fsp3) is 0.846. The van der Waals surface area contributed by atoms with Crippen LogP contribution in [0.2, 0.25) is 0 Å². The SMILES string of the molecule is C=CCN(CCOC)S(=O)(=O)N1CCC(CNC)CC1. The molecule has 6 nitrogen and oxygen atoms in total. The zero-order valence-corrected chi connectivity index (χ0v) is 13.4. The van der Waals surface area contributed by atoms with Gasteiger partial charge in [-0.05, 0) is 32.4 Å². The Morgan fingerprint density at radius 3 is 2.60 bits per heavy atom. The number of hydrogen-bond donors (Lipinski definition) is 1. The van der Waals surface area contributed by atoms with Gasteiger partial charge in [0.25, 0.3) is 10.2 Å². The van der Waals surface area contributed by atoms with E-state index in [0.717, 1.165) is 19.4 Å². The lowest BCUT2D eigenvalue weighted by molar-refractivity contribution is 0.176. The second kappa shape index (κ2) is 8.74. The molecule has 0 aromatic carbocycles. The Labute approximate surface area is 123 Å². The van der Waals surface area contributed by atoms with Crippen molar-refractivity contribution in [1.29, 1.82) is 0 Å². The van der Waals surface area contributed by atoms with Gasteiger partial charge in [-0.1, -0.05) is 6.08 Å². The lowest BCUT2D eigenvalue weighted by Crippen LogP contribution is -2.48. The van der Waals surface area contributed by atoms with Crippen LogP contribution < -0.4 is 5.32 Å². The molecule has 1 fully saturated rings. The van der Waals surface area contributed by atoms with Crippen molar-refractivity contribution in [3.8, 4) is 0 Å². The fourth-order valence-corrected chi connectivity index (χ4v) is 4.03. The largest absolute Gasteiger partial charge is 0.383 e. The average Bonchev–Trinajstić information content (AvgIpc) is 2.44. The summed E-state index contributed by atoms with van der Waals surface area (Å²) in [6, 6.07) is 0. The van der Waals surface area contributed by atoms with Gasteiger partial charge < -0.3 is 10.1 Å². The standard InChI is InChI=1S/C13H27N3O3S/c1-4-7-15(10-11-19-3)20(17,18)16-8-5-13(6-9-16)12-14-2/h4,13-14H,1,5-12H2,2-3H3. The second-order valence-corrected chi connectivity index (χ2v) is 6.98. The number of nitrogens with zero attached hydrogens (tertiary/aromatic N) is 2. The van der Waals surface area contributed by atoms with Crippen LogP contribution in [-0.2, 0) is 14.9 Å². The van der Waals surface area contributed by atoms with E-state index in [1.165, 1.54) is 4.31 Å². The third-order valence-electron chi connectivity index (χ3n) is 3.60. The highest BCUT2D eigenvalue weighted by atomic mass is 32.2. The van der Waals surface area contributed by atoms with Crippen molar-refractivity contribution >= 4 is 10.2 Å². The molecule has 0 saturated carbocycles. The van der Waals surface area contributed by atoms with E-state index in [2.05, 4.69) is 11.9 Å². The minimum Gasteiger partial charge on any atom is -0.383 e. The van der Waals surface area contributed by atoms with Gasteiger partial charge in [0.2, 0.25) is 0 Å². The summed E-state index contributed by atoms with van der Waals surface area (Å²) in [5.74, 6) is 0.568. The highest BCUT2D eigenvalue weighted by molar-refractivity contribution is 7.86. The normalized spacial score (nSPS) is 18.6. The first kappa shape index (κ1) is 17.6. The van der Waals surface area contributed by atoms with Gasteiger partial charge in [-0.25, -0.2) is 0 Å². The summed E-state index contributed by atoms with van der Waals surface area (Å²) in [4.78, 5) is 0. The molecule has 0 unspecified atom stereocenters. The Morgan fingerprint density at radius 1 is 1.45 bits per heavy atom. The Hall–Kier alpha value is -0.470. The van der Waals surface area contributed by atoms with Crippen molar-refractivity contribution in [2.45, 2.75) is 12.8 Å². The third-order valence-corrected chi connectivity index (χ3v) is 5.60. The minimum absolute atomic E-state index is 0.322. The van der Waals surface area contributed by atoms with Crippen LogP contribution in [-0.4, -0.2) is 70.5 Å². The van der Waals surface area contributed by atoms with Crippen LogP contribution >= 0.6 is 0 Å². The monoisotopic (exact) mass is 305 g/mol. The first-order valence-corrected chi connectivity index (χ1v) is 8.45. The van der Waals surface area contributed by atoms with E-state index in [4.69, 9.17) is 4.74 Å². The van der Waals surface area contributed by atoms with Crippen LogP contribution in [0.3, 0.4) is 0 Å². The van der Waals surface area contributed by atoms with Crippen LogP contribution in [0, 0.1) is 5.92 Å². The lowest BCUT2D eigenvalue weighted by Gasteiger charge is -2.34. The Balaban J connectivity index is 2.64. The Bertz CT molecular complexity index is 378. The zero-order valence-electron chi connectivity index (χ0n) is 12.5. The maximum absolute atomic E-state index is 12.6. The molecule has 1 saturated heterocycles. The topological polar surface area (TPSA) is 61.9 Å². The van der Waals surface area contributed by atoms with Crippen LogP contribution in [0.4, 0.5) is 0 Å². The molecule has 0 aromatic rings. The molecule has 1 N–H and O–H groups in total. The summed E-state index contributed by atoms with van der Waals surface area (Å²) < 4.78 is 33.2. The first-order valence-electron chi connectivity index (χ1n) is 7.06. The highest BCUT2D eigenvalue weighted by Crippen LogP contribution is 2.20. The minimum atomic E-state index is -3.40. The zero-order chi connectivity index (χ0) is 15.0. The van der Waals surface area contributed by atoms with Crippen molar-refractivity contribution in [2.24, 2.45) is 5.92 Å². The van der Waals surface area contributed by atoms with Gasteiger partial charge >= 0.3 is 0 Å². The average molecular weight is 305 g/mol. The molecule has 0 radical (unpaired) electrons.